The lowest BCUT2D eigenvalue weighted by Gasteiger charge is -2.25. The Labute approximate surface area is 157 Å². The summed E-state index contributed by atoms with van der Waals surface area (Å²) in [6, 6.07) is 20.4. The summed E-state index contributed by atoms with van der Waals surface area (Å²) in [5, 5.41) is 1.77. The molecule has 2 aromatic heterocycles. The van der Waals surface area contributed by atoms with Crippen LogP contribution in [0.15, 0.2) is 79.1 Å². The van der Waals surface area contributed by atoms with E-state index in [1.165, 1.54) is 6.07 Å². The van der Waals surface area contributed by atoms with Crippen LogP contribution >= 0.6 is 0 Å². The predicted molar refractivity (Wildman–Crippen MR) is 105 cm³/mol. The fraction of sp³-hybridized carbons (Fsp3) is 0.136. The highest BCUT2D eigenvalue weighted by Gasteiger charge is 2.17. The molecule has 0 atom stereocenters. The largest absolute Gasteiger partial charge is 0.284 e. The lowest BCUT2D eigenvalue weighted by atomic mass is 10.1. The molecule has 4 aromatic rings. The highest BCUT2D eigenvalue weighted by molar-refractivity contribution is 5.70. The Morgan fingerprint density at radius 3 is 2.48 bits per heavy atom. The van der Waals surface area contributed by atoms with Gasteiger partial charge in [-0.15, -0.1) is 0 Å². The van der Waals surface area contributed by atoms with Gasteiger partial charge in [0.15, 0.2) is 5.82 Å². The van der Waals surface area contributed by atoms with E-state index in [0.29, 0.717) is 5.56 Å². The van der Waals surface area contributed by atoms with Crippen molar-refractivity contribution in [2.24, 2.45) is 0 Å². The lowest BCUT2D eigenvalue weighted by Crippen LogP contribution is -2.23. The Balaban J connectivity index is 1.79. The first-order valence-corrected chi connectivity index (χ1v) is 8.87. The molecule has 0 aliphatic rings. The van der Waals surface area contributed by atoms with E-state index in [0.717, 1.165) is 22.7 Å². The van der Waals surface area contributed by atoms with Crippen LogP contribution in [0.2, 0.25) is 0 Å². The summed E-state index contributed by atoms with van der Waals surface area (Å²) in [4.78, 5) is 10.5. The number of hydrogen-bond acceptors (Lipinski definition) is 3. The number of hydrogen-bond donors (Lipinski definition) is 0. The molecular formula is C22H20FN3O. The van der Waals surface area contributed by atoms with Crippen LogP contribution in [0.3, 0.4) is 0 Å². The molecule has 4 nitrogen and oxygen atoms in total. The normalized spacial score (nSPS) is 11.3. The molecule has 2 aromatic carbocycles. The Hall–Kier alpha value is -3.18. The van der Waals surface area contributed by atoms with Gasteiger partial charge in [-0.25, -0.2) is 14.4 Å². The van der Waals surface area contributed by atoms with Crippen LogP contribution in [0.1, 0.15) is 13.8 Å². The second kappa shape index (κ2) is 7.21. The quantitative estimate of drug-likeness (QED) is 0.432. The standard InChI is InChI=1S/C22H20FN3O/c1-16(2)27-26(18-8-4-3-5-9-18)22-15-24-21-14-17(12-13-25(21)22)19-10-6-7-11-20(19)23/h3-16H,1-2H3. The van der Waals surface area contributed by atoms with E-state index in [1.807, 2.05) is 73.0 Å². The molecule has 0 spiro atoms. The van der Waals surface area contributed by atoms with E-state index in [9.17, 15) is 4.39 Å². The van der Waals surface area contributed by atoms with Gasteiger partial charge in [0.25, 0.3) is 0 Å². The van der Waals surface area contributed by atoms with E-state index >= 15 is 0 Å². The summed E-state index contributed by atoms with van der Waals surface area (Å²) < 4.78 is 16.0. The third-order valence-corrected chi connectivity index (χ3v) is 4.19. The molecule has 0 saturated heterocycles. The van der Waals surface area contributed by atoms with Crippen molar-refractivity contribution in [3.63, 3.8) is 0 Å². The van der Waals surface area contributed by atoms with Gasteiger partial charge in [0.2, 0.25) is 0 Å². The van der Waals surface area contributed by atoms with Gasteiger partial charge in [-0.3, -0.25) is 9.24 Å². The van der Waals surface area contributed by atoms with E-state index in [-0.39, 0.29) is 11.9 Å². The van der Waals surface area contributed by atoms with Crippen LogP contribution in [0.25, 0.3) is 16.8 Å². The van der Waals surface area contributed by atoms with Gasteiger partial charge < -0.3 is 0 Å². The van der Waals surface area contributed by atoms with Gasteiger partial charge in [0, 0.05) is 11.8 Å². The summed E-state index contributed by atoms with van der Waals surface area (Å²) in [7, 11) is 0. The average molecular weight is 361 g/mol. The van der Waals surface area contributed by atoms with Crippen LogP contribution in [-0.2, 0) is 4.84 Å². The average Bonchev–Trinajstić information content (AvgIpc) is 3.10. The summed E-state index contributed by atoms with van der Waals surface area (Å²) >= 11 is 0. The Kier molecular flexibility index (Phi) is 4.60. The zero-order chi connectivity index (χ0) is 18.8. The molecule has 0 N–H and O–H groups in total. The summed E-state index contributed by atoms with van der Waals surface area (Å²) in [5.74, 6) is 0.535. The van der Waals surface area contributed by atoms with Crippen LogP contribution in [-0.4, -0.2) is 15.5 Å². The first kappa shape index (κ1) is 17.2. The Bertz CT molecular complexity index is 1060. The van der Waals surface area contributed by atoms with Crippen molar-refractivity contribution in [2.75, 3.05) is 5.06 Å². The zero-order valence-electron chi connectivity index (χ0n) is 15.2. The second-order valence-corrected chi connectivity index (χ2v) is 6.52. The number of nitrogens with zero attached hydrogens (tertiary/aromatic N) is 3. The number of rotatable bonds is 5. The molecular weight excluding hydrogens is 341 g/mol. The van der Waals surface area contributed by atoms with Crippen LogP contribution in [0, 0.1) is 5.82 Å². The molecule has 0 aliphatic heterocycles. The summed E-state index contributed by atoms with van der Waals surface area (Å²) in [6.45, 7) is 3.96. The molecule has 0 fully saturated rings. The smallest absolute Gasteiger partial charge is 0.163 e. The molecule has 2 heterocycles. The Morgan fingerprint density at radius 1 is 1.00 bits per heavy atom. The van der Waals surface area contributed by atoms with Crippen molar-refractivity contribution in [3.05, 3.63) is 84.9 Å². The van der Waals surface area contributed by atoms with Gasteiger partial charge in [-0.2, -0.15) is 0 Å². The number of anilines is 2. The second-order valence-electron chi connectivity index (χ2n) is 6.52. The fourth-order valence-electron chi connectivity index (χ4n) is 3.00. The van der Waals surface area contributed by atoms with Gasteiger partial charge >= 0.3 is 0 Å². The van der Waals surface area contributed by atoms with Gasteiger partial charge in [0.1, 0.15) is 11.5 Å². The number of imidazole rings is 1. The maximum atomic E-state index is 14.1. The third-order valence-electron chi connectivity index (χ3n) is 4.19. The fourth-order valence-corrected chi connectivity index (χ4v) is 3.00. The van der Waals surface area contributed by atoms with E-state index in [4.69, 9.17) is 4.84 Å². The Morgan fingerprint density at radius 2 is 1.74 bits per heavy atom. The number of halogens is 1. The third kappa shape index (κ3) is 3.41. The molecule has 27 heavy (non-hydrogen) atoms. The highest BCUT2D eigenvalue weighted by atomic mass is 19.1. The van der Waals surface area contributed by atoms with Gasteiger partial charge in [0.05, 0.1) is 18.0 Å². The van der Waals surface area contributed by atoms with Crippen molar-refractivity contribution in [1.82, 2.24) is 9.38 Å². The van der Waals surface area contributed by atoms with Crippen molar-refractivity contribution in [1.29, 1.82) is 0 Å². The topological polar surface area (TPSA) is 29.8 Å². The van der Waals surface area contributed by atoms with Gasteiger partial charge in [-0.05, 0) is 49.7 Å². The van der Waals surface area contributed by atoms with Gasteiger partial charge in [-0.1, -0.05) is 36.4 Å². The number of pyridine rings is 1. The highest BCUT2D eigenvalue weighted by Crippen LogP contribution is 2.30. The molecule has 0 radical (unpaired) electrons. The van der Waals surface area contributed by atoms with E-state index in [2.05, 4.69) is 4.98 Å². The van der Waals surface area contributed by atoms with Crippen LogP contribution in [0.4, 0.5) is 15.9 Å². The molecule has 136 valence electrons. The molecule has 0 unspecified atom stereocenters. The first-order valence-electron chi connectivity index (χ1n) is 8.87. The molecule has 0 aliphatic carbocycles. The van der Waals surface area contributed by atoms with Crippen LogP contribution in [0.5, 0.6) is 0 Å². The minimum Gasteiger partial charge on any atom is -0.284 e. The SMILES string of the molecule is CC(C)ON(c1ccccc1)c1cnc2cc(-c3ccccc3F)ccn12. The maximum absolute atomic E-state index is 14.1. The van der Waals surface area contributed by atoms with E-state index < -0.39 is 0 Å². The summed E-state index contributed by atoms with van der Waals surface area (Å²) in [6.07, 6.45) is 3.64. The minimum atomic E-state index is -0.248. The predicted octanol–water partition coefficient (Wildman–Crippen LogP) is 5.62. The van der Waals surface area contributed by atoms with Crippen molar-refractivity contribution >= 4 is 17.2 Å². The molecule has 0 amide bonds. The van der Waals surface area contributed by atoms with Crippen LogP contribution < -0.4 is 5.06 Å². The van der Waals surface area contributed by atoms with Crippen molar-refractivity contribution in [3.8, 4) is 11.1 Å². The number of aromatic nitrogens is 2. The molecule has 5 heteroatoms. The number of para-hydroxylation sites is 1. The molecule has 0 bridgehead atoms. The lowest BCUT2D eigenvalue weighted by molar-refractivity contribution is 0.0777. The molecule has 0 saturated carbocycles. The maximum Gasteiger partial charge on any atom is 0.163 e. The van der Waals surface area contributed by atoms with Crippen molar-refractivity contribution < 1.29 is 9.23 Å². The van der Waals surface area contributed by atoms with E-state index in [1.54, 1.807) is 23.4 Å². The number of fused-ring (bicyclic) bond motifs is 1. The first-order chi connectivity index (χ1) is 13.1. The monoisotopic (exact) mass is 361 g/mol. The molecule has 4 rings (SSSR count). The minimum absolute atomic E-state index is 0.00607. The summed E-state index contributed by atoms with van der Waals surface area (Å²) in [5.41, 5.74) is 2.97. The number of benzene rings is 2. The van der Waals surface area contributed by atoms with Crippen molar-refractivity contribution in [2.45, 2.75) is 20.0 Å². The zero-order valence-corrected chi connectivity index (χ0v) is 15.2.